The normalized spacial score (nSPS) is 31.5. The largest absolute Gasteiger partial charge is 0.508 e. The van der Waals surface area contributed by atoms with E-state index in [1.54, 1.807) is 11.0 Å². The highest BCUT2D eigenvalue weighted by Crippen LogP contribution is 2.46. The highest BCUT2D eigenvalue weighted by molar-refractivity contribution is 5.85. The molecule has 0 bridgehead atoms. The topological polar surface area (TPSA) is 55.8 Å². The van der Waals surface area contributed by atoms with Crippen LogP contribution in [0.1, 0.15) is 18.4 Å². The third-order valence-corrected chi connectivity index (χ3v) is 6.24. The van der Waals surface area contributed by atoms with Crippen molar-refractivity contribution in [2.75, 3.05) is 14.1 Å². The Morgan fingerprint density at radius 3 is 2.78 bits per heavy atom. The van der Waals surface area contributed by atoms with E-state index in [0.29, 0.717) is 36.2 Å². The number of hydrogen-bond donors (Lipinski definition) is 2. The van der Waals surface area contributed by atoms with E-state index in [0.717, 1.165) is 18.4 Å². The second-order valence-corrected chi connectivity index (χ2v) is 7.81. The Morgan fingerprint density at radius 1 is 1.30 bits per heavy atom. The average molecular weight is 390 g/mol. The van der Waals surface area contributed by atoms with Gasteiger partial charge in [0.15, 0.2) is 0 Å². The third-order valence-electron chi connectivity index (χ3n) is 6.24. The van der Waals surface area contributed by atoms with Gasteiger partial charge in [-0.1, -0.05) is 36.4 Å². The quantitative estimate of drug-likeness (QED) is 0.833. The lowest BCUT2D eigenvalue weighted by atomic mass is 9.85. The summed E-state index contributed by atoms with van der Waals surface area (Å²) in [6.07, 6.45) is 7.96. The summed E-state index contributed by atoms with van der Waals surface area (Å²) < 4.78 is 0. The lowest BCUT2D eigenvalue weighted by molar-refractivity contribution is 0.185. The van der Waals surface area contributed by atoms with Crippen LogP contribution in [0, 0.1) is 11.8 Å². The lowest BCUT2D eigenvalue weighted by Gasteiger charge is -2.31. The molecule has 3 aliphatic rings. The molecule has 1 saturated carbocycles. The Balaban J connectivity index is 0.00000210. The van der Waals surface area contributed by atoms with Crippen LogP contribution >= 0.6 is 12.4 Å². The Kier molecular flexibility index (Phi) is 5.82. The van der Waals surface area contributed by atoms with Crippen LogP contribution < -0.4 is 5.32 Å². The fourth-order valence-corrected chi connectivity index (χ4v) is 5.03. The highest BCUT2D eigenvalue weighted by Gasteiger charge is 2.52. The number of urea groups is 1. The van der Waals surface area contributed by atoms with Crippen LogP contribution in [0.2, 0.25) is 0 Å². The van der Waals surface area contributed by atoms with Gasteiger partial charge in [-0.05, 0) is 43.5 Å². The zero-order chi connectivity index (χ0) is 18.3. The Bertz CT molecular complexity index is 736. The molecule has 27 heavy (non-hydrogen) atoms. The summed E-state index contributed by atoms with van der Waals surface area (Å²) in [5.41, 5.74) is 1.13. The summed E-state index contributed by atoms with van der Waals surface area (Å²) in [7, 11) is 3.98. The van der Waals surface area contributed by atoms with Gasteiger partial charge in [-0.25, -0.2) is 4.79 Å². The SMILES string of the molecule is CN(Cc1ccccc1)C(=O)NC1CCC2C3C=C(O)C=CC3N(C)C12.Cl. The fourth-order valence-electron chi connectivity index (χ4n) is 5.03. The van der Waals surface area contributed by atoms with Gasteiger partial charge in [-0.2, -0.15) is 0 Å². The molecule has 0 spiro atoms. The summed E-state index contributed by atoms with van der Waals surface area (Å²) in [6, 6.07) is 10.8. The average Bonchev–Trinajstić information content (AvgIpc) is 3.16. The van der Waals surface area contributed by atoms with E-state index >= 15 is 0 Å². The number of amides is 2. The first kappa shape index (κ1) is 19.8. The second kappa shape index (κ2) is 7.95. The van der Waals surface area contributed by atoms with Crippen LogP contribution in [-0.4, -0.2) is 53.2 Å². The summed E-state index contributed by atoms with van der Waals surface area (Å²) in [5, 5.41) is 13.1. The summed E-state index contributed by atoms with van der Waals surface area (Å²) in [4.78, 5) is 16.8. The Labute approximate surface area is 167 Å². The number of carbonyl (C=O) groups excluding carboxylic acids is 1. The number of carbonyl (C=O) groups is 1. The summed E-state index contributed by atoms with van der Waals surface area (Å²) in [5.74, 6) is 1.20. The maximum absolute atomic E-state index is 12.7. The van der Waals surface area contributed by atoms with E-state index in [1.165, 1.54) is 0 Å². The number of hydrogen-bond acceptors (Lipinski definition) is 3. The molecule has 1 saturated heterocycles. The van der Waals surface area contributed by atoms with Gasteiger partial charge in [0.1, 0.15) is 5.76 Å². The van der Waals surface area contributed by atoms with Crippen molar-refractivity contribution in [3.05, 3.63) is 59.9 Å². The van der Waals surface area contributed by atoms with Crippen LogP contribution in [0.4, 0.5) is 4.79 Å². The number of allylic oxidation sites excluding steroid dienone is 1. The molecular formula is C21H28ClN3O2. The van der Waals surface area contributed by atoms with Crippen molar-refractivity contribution in [3.8, 4) is 0 Å². The minimum Gasteiger partial charge on any atom is -0.508 e. The molecule has 5 nitrogen and oxygen atoms in total. The van der Waals surface area contributed by atoms with Crippen LogP contribution in [0.25, 0.3) is 0 Å². The van der Waals surface area contributed by atoms with Crippen LogP contribution in [0.3, 0.4) is 0 Å². The van der Waals surface area contributed by atoms with E-state index in [1.807, 2.05) is 43.5 Å². The number of aliphatic hydroxyl groups excluding tert-OH is 1. The molecule has 1 heterocycles. The smallest absolute Gasteiger partial charge is 0.317 e. The van der Waals surface area contributed by atoms with Gasteiger partial charge >= 0.3 is 6.03 Å². The minimum atomic E-state index is -0.0169. The fraction of sp³-hybridized carbons (Fsp3) is 0.476. The van der Waals surface area contributed by atoms with E-state index in [4.69, 9.17) is 0 Å². The Hall–Kier alpha value is -1.98. The molecule has 4 rings (SSSR count). The number of likely N-dealkylation sites (tertiary alicyclic amines) is 1. The standard InChI is InChI=1S/C21H27N3O2.ClH/c1-23(13-14-6-4-3-5-7-14)21(26)22-18-10-9-16-17-12-15(25)8-11-19(17)24(2)20(16)18;/h3-8,11-12,16-20,25H,9-10,13H2,1-2H3,(H,22,26);1H. The summed E-state index contributed by atoms with van der Waals surface area (Å²) in [6.45, 7) is 0.605. The molecule has 0 radical (unpaired) electrons. The number of likely N-dealkylation sites (N-methyl/N-ethyl adjacent to an activating group) is 1. The van der Waals surface area contributed by atoms with Crippen molar-refractivity contribution >= 4 is 18.4 Å². The van der Waals surface area contributed by atoms with E-state index in [2.05, 4.69) is 23.3 Å². The molecule has 1 aromatic rings. The van der Waals surface area contributed by atoms with Gasteiger partial charge in [-0.3, -0.25) is 4.90 Å². The minimum absolute atomic E-state index is 0. The van der Waals surface area contributed by atoms with E-state index in [-0.39, 0.29) is 24.5 Å². The Morgan fingerprint density at radius 2 is 2.04 bits per heavy atom. The molecule has 0 aromatic heterocycles. The monoisotopic (exact) mass is 389 g/mol. The maximum atomic E-state index is 12.7. The predicted molar refractivity (Wildman–Crippen MR) is 109 cm³/mol. The molecule has 5 unspecified atom stereocenters. The molecule has 6 heteroatoms. The van der Waals surface area contributed by atoms with Gasteiger partial charge < -0.3 is 15.3 Å². The number of rotatable bonds is 3. The van der Waals surface area contributed by atoms with Gasteiger partial charge in [0.25, 0.3) is 0 Å². The third kappa shape index (κ3) is 3.71. The number of nitrogens with one attached hydrogen (secondary N) is 1. The van der Waals surface area contributed by atoms with Crippen LogP contribution in [0.15, 0.2) is 54.3 Å². The highest BCUT2D eigenvalue weighted by atomic mass is 35.5. The molecule has 1 aliphatic heterocycles. The molecular weight excluding hydrogens is 362 g/mol. The van der Waals surface area contributed by atoms with Crippen molar-refractivity contribution in [3.63, 3.8) is 0 Å². The zero-order valence-corrected chi connectivity index (χ0v) is 16.6. The first-order valence-electron chi connectivity index (χ1n) is 9.41. The van der Waals surface area contributed by atoms with Crippen molar-refractivity contribution in [2.45, 2.75) is 37.5 Å². The lowest BCUT2D eigenvalue weighted by Crippen LogP contribution is -2.50. The number of benzene rings is 1. The number of fused-ring (bicyclic) bond motifs is 3. The van der Waals surface area contributed by atoms with Crippen molar-refractivity contribution in [2.24, 2.45) is 11.8 Å². The van der Waals surface area contributed by atoms with Crippen molar-refractivity contribution < 1.29 is 9.90 Å². The number of halogens is 1. The molecule has 5 atom stereocenters. The van der Waals surface area contributed by atoms with E-state index in [9.17, 15) is 9.90 Å². The van der Waals surface area contributed by atoms with Crippen molar-refractivity contribution in [1.82, 2.24) is 15.1 Å². The molecule has 2 aliphatic carbocycles. The van der Waals surface area contributed by atoms with E-state index < -0.39 is 0 Å². The number of aliphatic hydroxyl groups is 1. The molecule has 1 aromatic carbocycles. The van der Waals surface area contributed by atoms with Crippen LogP contribution in [0.5, 0.6) is 0 Å². The van der Waals surface area contributed by atoms with Gasteiger partial charge in [0, 0.05) is 37.6 Å². The first-order chi connectivity index (χ1) is 12.5. The molecule has 2 fully saturated rings. The predicted octanol–water partition coefficient (Wildman–Crippen LogP) is 3.34. The number of nitrogens with zero attached hydrogens (tertiary/aromatic N) is 2. The van der Waals surface area contributed by atoms with Gasteiger partial charge in [-0.15, -0.1) is 12.4 Å². The first-order valence-corrected chi connectivity index (χ1v) is 9.41. The zero-order valence-electron chi connectivity index (χ0n) is 15.8. The second-order valence-electron chi connectivity index (χ2n) is 7.81. The molecule has 2 N–H and O–H groups in total. The summed E-state index contributed by atoms with van der Waals surface area (Å²) >= 11 is 0. The van der Waals surface area contributed by atoms with Crippen LogP contribution in [-0.2, 0) is 6.54 Å². The van der Waals surface area contributed by atoms with Gasteiger partial charge in [0.05, 0.1) is 0 Å². The molecule has 146 valence electrons. The molecule has 2 amide bonds. The van der Waals surface area contributed by atoms with Gasteiger partial charge in [0.2, 0.25) is 0 Å². The van der Waals surface area contributed by atoms with Crippen molar-refractivity contribution in [1.29, 1.82) is 0 Å². The maximum Gasteiger partial charge on any atom is 0.317 e.